The Hall–Kier alpha value is -2.97. The SMILES string of the molecule is C=C(C)C1CCC2(NCCN3CCN(C(=O)C(=O)N4CCCCC4)CC3)CCC3(C)C(CCC4C5(C)CC=C(c6ccc(C(=O)O)cc6)C(C)(C)C5CCC43C)C12. The van der Waals surface area contributed by atoms with Gasteiger partial charge in [0.2, 0.25) is 0 Å². The van der Waals surface area contributed by atoms with Crippen LogP contribution in [-0.4, -0.2) is 95.5 Å². The fraction of sp³-hybridized carbons (Fsp3) is 0.735. The second-order valence-electron chi connectivity index (χ2n) is 21.2. The second-order valence-corrected chi connectivity index (χ2v) is 21.2. The Morgan fingerprint density at radius 1 is 0.772 bits per heavy atom. The molecule has 57 heavy (non-hydrogen) atoms. The number of nitrogens with one attached hydrogen (secondary N) is 1. The number of piperidine rings is 1. The number of carboxylic acid groups (broad SMARTS) is 1. The van der Waals surface area contributed by atoms with Gasteiger partial charge in [-0.25, -0.2) is 4.79 Å². The predicted molar refractivity (Wildman–Crippen MR) is 227 cm³/mol. The minimum absolute atomic E-state index is 0.00559. The van der Waals surface area contributed by atoms with Gasteiger partial charge in [-0.15, -0.1) is 0 Å². The van der Waals surface area contributed by atoms with Gasteiger partial charge >= 0.3 is 17.8 Å². The van der Waals surface area contributed by atoms with Crippen LogP contribution < -0.4 is 5.32 Å². The van der Waals surface area contributed by atoms with E-state index in [4.69, 9.17) is 0 Å². The van der Waals surface area contributed by atoms with Crippen molar-refractivity contribution in [3.8, 4) is 0 Å². The van der Waals surface area contributed by atoms with Gasteiger partial charge in [-0.05, 0) is 158 Å². The Bertz CT molecular complexity index is 1770. The zero-order valence-electron chi connectivity index (χ0n) is 36.1. The highest BCUT2D eigenvalue weighted by molar-refractivity contribution is 6.34. The number of benzene rings is 1. The Labute approximate surface area is 343 Å². The summed E-state index contributed by atoms with van der Waals surface area (Å²) in [6.45, 7) is 26.3. The van der Waals surface area contributed by atoms with Crippen LogP contribution in [0.15, 0.2) is 42.5 Å². The number of hydrogen-bond acceptors (Lipinski definition) is 5. The lowest BCUT2D eigenvalue weighted by Crippen LogP contribution is -2.68. The van der Waals surface area contributed by atoms with E-state index >= 15 is 0 Å². The van der Waals surface area contributed by atoms with E-state index in [2.05, 4.69) is 64.4 Å². The maximum Gasteiger partial charge on any atom is 0.335 e. The topological polar surface area (TPSA) is 93.2 Å². The number of amides is 2. The molecule has 312 valence electrons. The Morgan fingerprint density at radius 3 is 2.09 bits per heavy atom. The second kappa shape index (κ2) is 14.9. The molecule has 0 bridgehead atoms. The van der Waals surface area contributed by atoms with Crippen molar-refractivity contribution in [2.75, 3.05) is 52.4 Å². The third-order valence-corrected chi connectivity index (χ3v) is 18.5. The van der Waals surface area contributed by atoms with Crippen LogP contribution in [0.2, 0.25) is 0 Å². The molecule has 2 N–H and O–H groups in total. The van der Waals surface area contributed by atoms with Crippen LogP contribution in [0.3, 0.4) is 0 Å². The molecule has 0 spiro atoms. The predicted octanol–water partition coefficient (Wildman–Crippen LogP) is 8.53. The number of piperazine rings is 1. The van der Waals surface area contributed by atoms with Crippen molar-refractivity contribution in [3.63, 3.8) is 0 Å². The van der Waals surface area contributed by atoms with E-state index in [9.17, 15) is 19.5 Å². The Balaban J connectivity index is 0.957. The molecule has 1 aromatic rings. The summed E-state index contributed by atoms with van der Waals surface area (Å²) in [6.07, 6.45) is 16.9. The molecule has 4 saturated carbocycles. The number of fused-ring (bicyclic) bond motifs is 7. The number of allylic oxidation sites excluding steroid dienone is 3. The van der Waals surface area contributed by atoms with Crippen molar-refractivity contribution in [2.45, 2.75) is 124 Å². The molecule has 8 nitrogen and oxygen atoms in total. The average molecular weight is 781 g/mol. The molecule has 8 rings (SSSR count). The third kappa shape index (κ3) is 6.57. The highest BCUT2D eigenvalue weighted by Crippen LogP contribution is 2.76. The fourth-order valence-electron chi connectivity index (χ4n) is 15.3. The number of carboxylic acids is 1. The first-order valence-electron chi connectivity index (χ1n) is 22.8. The zero-order valence-corrected chi connectivity index (χ0v) is 36.1. The number of likely N-dealkylation sites (tertiary alicyclic amines) is 1. The van der Waals surface area contributed by atoms with Crippen LogP contribution in [-0.2, 0) is 9.59 Å². The van der Waals surface area contributed by atoms with Gasteiger partial charge in [0.25, 0.3) is 0 Å². The molecule has 1 aromatic carbocycles. The summed E-state index contributed by atoms with van der Waals surface area (Å²) in [5.74, 6) is 1.62. The van der Waals surface area contributed by atoms with Crippen molar-refractivity contribution in [2.24, 2.45) is 51.2 Å². The van der Waals surface area contributed by atoms with Crippen molar-refractivity contribution in [3.05, 3.63) is 53.6 Å². The first-order valence-corrected chi connectivity index (χ1v) is 22.8. The van der Waals surface area contributed by atoms with Crippen LogP contribution in [0.1, 0.15) is 135 Å². The number of carbonyl (C=O) groups is 3. The molecule has 8 heteroatoms. The molecule has 0 aromatic heterocycles. The van der Waals surface area contributed by atoms with Gasteiger partial charge < -0.3 is 20.2 Å². The van der Waals surface area contributed by atoms with E-state index in [1.165, 1.54) is 68.1 Å². The van der Waals surface area contributed by atoms with Gasteiger partial charge in [0, 0.05) is 57.9 Å². The maximum absolute atomic E-state index is 13.1. The summed E-state index contributed by atoms with van der Waals surface area (Å²) in [7, 11) is 0. The lowest BCUT2D eigenvalue weighted by Gasteiger charge is -2.72. The van der Waals surface area contributed by atoms with Gasteiger partial charge in [-0.3, -0.25) is 14.5 Å². The Morgan fingerprint density at radius 2 is 1.44 bits per heavy atom. The summed E-state index contributed by atoms with van der Waals surface area (Å²) in [5.41, 5.74) is 5.22. The zero-order chi connectivity index (χ0) is 40.5. The van der Waals surface area contributed by atoms with Gasteiger partial charge in [0.15, 0.2) is 0 Å². The summed E-state index contributed by atoms with van der Waals surface area (Å²) in [4.78, 5) is 43.6. The van der Waals surface area contributed by atoms with Gasteiger partial charge in [-0.2, -0.15) is 0 Å². The molecule has 9 atom stereocenters. The molecule has 2 aliphatic heterocycles. The molecular formula is C49H72N4O4. The third-order valence-electron chi connectivity index (χ3n) is 18.5. The summed E-state index contributed by atoms with van der Waals surface area (Å²) in [5, 5.41) is 13.8. The van der Waals surface area contributed by atoms with Crippen LogP contribution in [0.4, 0.5) is 0 Å². The minimum atomic E-state index is -0.868. The van der Waals surface area contributed by atoms with Gasteiger partial charge in [0.05, 0.1) is 5.56 Å². The van der Waals surface area contributed by atoms with Crippen molar-refractivity contribution >= 4 is 23.4 Å². The largest absolute Gasteiger partial charge is 0.478 e. The fourth-order valence-corrected chi connectivity index (χ4v) is 15.3. The summed E-state index contributed by atoms with van der Waals surface area (Å²) in [6, 6.07) is 7.61. The molecule has 6 fully saturated rings. The minimum Gasteiger partial charge on any atom is -0.478 e. The lowest BCUT2D eigenvalue weighted by molar-refractivity contribution is -0.219. The molecule has 2 amide bonds. The lowest BCUT2D eigenvalue weighted by atomic mass is 9.33. The number of carbonyl (C=O) groups excluding carboxylic acids is 2. The quantitative estimate of drug-likeness (QED) is 0.213. The normalized spacial score (nSPS) is 38.9. The van der Waals surface area contributed by atoms with Crippen LogP contribution in [0.25, 0.3) is 5.57 Å². The molecule has 5 aliphatic carbocycles. The summed E-state index contributed by atoms with van der Waals surface area (Å²) < 4.78 is 0. The molecule has 0 radical (unpaired) electrons. The molecule has 9 unspecified atom stereocenters. The van der Waals surface area contributed by atoms with E-state index in [1.807, 2.05) is 12.1 Å². The van der Waals surface area contributed by atoms with E-state index in [-0.39, 0.29) is 39.0 Å². The smallest absolute Gasteiger partial charge is 0.335 e. The van der Waals surface area contributed by atoms with Crippen LogP contribution in [0, 0.1) is 51.2 Å². The van der Waals surface area contributed by atoms with E-state index < -0.39 is 5.97 Å². The maximum atomic E-state index is 13.1. The van der Waals surface area contributed by atoms with Gasteiger partial charge in [-0.1, -0.05) is 65.0 Å². The summed E-state index contributed by atoms with van der Waals surface area (Å²) >= 11 is 0. The monoisotopic (exact) mass is 781 g/mol. The number of hydrogen-bond donors (Lipinski definition) is 2. The first-order chi connectivity index (χ1) is 27.1. The average Bonchev–Trinajstić information content (AvgIpc) is 3.58. The van der Waals surface area contributed by atoms with Gasteiger partial charge in [0.1, 0.15) is 0 Å². The van der Waals surface area contributed by atoms with Crippen LogP contribution >= 0.6 is 0 Å². The molecule has 7 aliphatic rings. The first kappa shape index (κ1) is 40.8. The standard InChI is InChI=1S/C49H72N4O4/c1-33(2)36-17-22-49(50-25-28-51-29-31-53(32-30-51)43(55)42(54)52-26-9-8-10-27-52)24-23-47(6)38(41(36)49)15-16-40-46(5)20-18-37(34-11-13-35(14-12-34)44(56)57)45(3,4)39(46)19-21-48(40,47)7/h11-14,18,36,38-41,50H,1,8-10,15-17,19-32H2,2-7H3,(H,56,57). The number of aromatic carboxylic acids is 1. The number of rotatable bonds is 7. The molecule has 2 heterocycles. The van der Waals surface area contributed by atoms with Crippen molar-refractivity contribution < 1.29 is 19.5 Å². The van der Waals surface area contributed by atoms with Crippen molar-refractivity contribution in [1.29, 1.82) is 0 Å². The number of nitrogens with zero attached hydrogens (tertiary/aromatic N) is 3. The van der Waals surface area contributed by atoms with Crippen molar-refractivity contribution in [1.82, 2.24) is 20.0 Å². The van der Waals surface area contributed by atoms with E-state index in [0.717, 1.165) is 65.0 Å². The molecule has 2 saturated heterocycles. The highest BCUT2D eigenvalue weighted by Gasteiger charge is 2.70. The highest BCUT2D eigenvalue weighted by atomic mass is 16.4. The molecular weight excluding hydrogens is 709 g/mol. The van der Waals surface area contributed by atoms with Crippen LogP contribution in [0.5, 0.6) is 0 Å². The Kier molecular flexibility index (Phi) is 10.7. The van der Waals surface area contributed by atoms with E-state index in [0.29, 0.717) is 48.2 Å². The van der Waals surface area contributed by atoms with E-state index in [1.54, 1.807) is 21.9 Å².